The first-order chi connectivity index (χ1) is 15.3. The Balaban J connectivity index is 1.67. The molecule has 31 heavy (non-hydrogen) atoms. The topological polar surface area (TPSA) is 46.5 Å². The van der Waals surface area contributed by atoms with Gasteiger partial charge in [0, 0.05) is 11.1 Å². The predicted molar refractivity (Wildman–Crippen MR) is 126 cm³/mol. The number of hydrogen-bond donors (Lipinski definition) is 1. The molecule has 4 aromatic carbocycles. The van der Waals surface area contributed by atoms with Gasteiger partial charge >= 0.3 is 0 Å². The van der Waals surface area contributed by atoms with Crippen LogP contribution in [0.15, 0.2) is 97.1 Å². The van der Waals surface area contributed by atoms with Crippen molar-refractivity contribution in [2.24, 2.45) is 0 Å². The molecule has 0 atom stereocenters. The third-order valence-electron chi connectivity index (χ3n) is 5.74. The Kier molecular flexibility index (Phi) is 3.96. The number of benzene rings is 4. The fraction of sp³-hybridized carbons (Fsp3) is 0.0370. The van der Waals surface area contributed by atoms with Crippen molar-refractivity contribution in [2.75, 3.05) is 0 Å². The lowest BCUT2D eigenvalue weighted by Gasteiger charge is -2.14. The summed E-state index contributed by atoms with van der Waals surface area (Å²) in [6, 6.07) is 33.2. The lowest BCUT2D eigenvalue weighted by Crippen LogP contribution is -2.01. The quantitative estimate of drug-likeness (QED) is 0.366. The zero-order valence-corrected chi connectivity index (χ0v) is 17.1. The number of fused-ring (bicyclic) bond motifs is 2. The second-order valence-corrected chi connectivity index (χ2v) is 7.69. The standard InChI is InChI=1S/C27H20N4/c1-18-10-2-3-11-19(18)27-30-23-15-7-9-17-25(23)31(27)24-16-8-4-12-20(24)26-28-21-13-5-6-14-22(21)29-26/h2-17H,1H3,(H,28,29). The van der Waals surface area contributed by atoms with Gasteiger partial charge in [0.25, 0.3) is 0 Å². The molecule has 6 aromatic rings. The summed E-state index contributed by atoms with van der Waals surface area (Å²) in [7, 11) is 0. The van der Waals surface area contributed by atoms with Crippen molar-refractivity contribution in [3.8, 4) is 28.5 Å². The number of H-pyrrole nitrogens is 1. The van der Waals surface area contributed by atoms with Crippen LogP contribution in [0.1, 0.15) is 5.56 Å². The molecule has 0 spiro atoms. The molecule has 0 bridgehead atoms. The van der Waals surface area contributed by atoms with E-state index in [4.69, 9.17) is 9.97 Å². The first-order valence-electron chi connectivity index (χ1n) is 10.4. The van der Waals surface area contributed by atoms with Crippen molar-refractivity contribution in [1.82, 2.24) is 19.5 Å². The van der Waals surface area contributed by atoms with E-state index < -0.39 is 0 Å². The van der Waals surface area contributed by atoms with Crippen LogP contribution in [0.2, 0.25) is 0 Å². The number of para-hydroxylation sites is 5. The maximum absolute atomic E-state index is 5.03. The van der Waals surface area contributed by atoms with Gasteiger partial charge in [-0.1, -0.05) is 60.7 Å². The second kappa shape index (κ2) is 6.96. The summed E-state index contributed by atoms with van der Waals surface area (Å²) in [5, 5.41) is 0. The van der Waals surface area contributed by atoms with E-state index >= 15 is 0 Å². The molecule has 2 aromatic heterocycles. The molecule has 0 unspecified atom stereocenters. The Morgan fingerprint density at radius 2 is 1.32 bits per heavy atom. The highest BCUT2D eigenvalue weighted by Crippen LogP contribution is 2.34. The van der Waals surface area contributed by atoms with Gasteiger partial charge in [0.05, 0.1) is 27.8 Å². The summed E-state index contributed by atoms with van der Waals surface area (Å²) in [4.78, 5) is 13.4. The molecule has 0 amide bonds. The molecular formula is C27H20N4. The fourth-order valence-corrected chi connectivity index (χ4v) is 4.22. The van der Waals surface area contributed by atoms with Crippen molar-refractivity contribution >= 4 is 22.1 Å². The van der Waals surface area contributed by atoms with E-state index in [0.717, 1.165) is 50.5 Å². The molecule has 0 aliphatic rings. The predicted octanol–water partition coefficient (Wildman–Crippen LogP) is 6.54. The van der Waals surface area contributed by atoms with Gasteiger partial charge in [-0.25, -0.2) is 9.97 Å². The van der Waals surface area contributed by atoms with E-state index in [2.05, 4.69) is 89.3 Å². The molecule has 0 fully saturated rings. The Hall–Kier alpha value is -4.18. The van der Waals surface area contributed by atoms with Crippen molar-refractivity contribution in [1.29, 1.82) is 0 Å². The lowest BCUT2D eigenvalue weighted by atomic mass is 10.1. The van der Waals surface area contributed by atoms with E-state index in [1.807, 2.05) is 24.3 Å². The maximum Gasteiger partial charge on any atom is 0.146 e. The van der Waals surface area contributed by atoms with Gasteiger partial charge in [-0.15, -0.1) is 0 Å². The van der Waals surface area contributed by atoms with Crippen molar-refractivity contribution < 1.29 is 0 Å². The van der Waals surface area contributed by atoms with E-state index in [0.29, 0.717) is 0 Å². The van der Waals surface area contributed by atoms with Crippen molar-refractivity contribution in [3.63, 3.8) is 0 Å². The molecule has 0 radical (unpaired) electrons. The lowest BCUT2D eigenvalue weighted by molar-refractivity contribution is 1.09. The third-order valence-corrected chi connectivity index (χ3v) is 5.74. The number of rotatable bonds is 3. The zero-order valence-electron chi connectivity index (χ0n) is 17.1. The van der Waals surface area contributed by atoms with Crippen LogP contribution in [-0.4, -0.2) is 19.5 Å². The molecule has 2 heterocycles. The van der Waals surface area contributed by atoms with E-state index in [9.17, 15) is 0 Å². The number of aryl methyl sites for hydroxylation is 1. The van der Waals surface area contributed by atoms with Crippen LogP contribution in [-0.2, 0) is 0 Å². The fourth-order valence-electron chi connectivity index (χ4n) is 4.22. The molecule has 6 rings (SSSR count). The van der Waals surface area contributed by atoms with E-state index in [1.165, 1.54) is 5.56 Å². The van der Waals surface area contributed by atoms with Crippen molar-refractivity contribution in [3.05, 3.63) is 103 Å². The smallest absolute Gasteiger partial charge is 0.146 e. The van der Waals surface area contributed by atoms with Gasteiger partial charge in [-0.2, -0.15) is 0 Å². The molecule has 148 valence electrons. The molecule has 0 saturated heterocycles. The summed E-state index contributed by atoms with van der Waals surface area (Å²) in [5.74, 6) is 1.79. The van der Waals surface area contributed by atoms with Crippen LogP contribution in [0.3, 0.4) is 0 Å². The second-order valence-electron chi connectivity index (χ2n) is 7.69. The van der Waals surface area contributed by atoms with Crippen LogP contribution in [0.4, 0.5) is 0 Å². The number of nitrogens with zero attached hydrogens (tertiary/aromatic N) is 3. The molecule has 1 N–H and O–H groups in total. The number of hydrogen-bond acceptors (Lipinski definition) is 2. The summed E-state index contributed by atoms with van der Waals surface area (Å²) in [5.41, 5.74) is 8.44. The highest BCUT2D eigenvalue weighted by atomic mass is 15.1. The van der Waals surface area contributed by atoms with Gasteiger partial charge in [0.1, 0.15) is 11.6 Å². The molecule has 4 nitrogen and oxygen atoms in total. The van der Waals surface area contributed by atoms with E-state index in [1.54, 1.807) is 0 Å². The van der Waals surface area contributed by atoms with Gasteiger partial charge < -0.3 is 4.98 Å². The summed E-state index contributed by atoms with van der Waals surface area (Å²) < 4.78 is 2.25. The third kappa shape index (κ3) is 2.84. The summed E-state index contributed by atoms with van der Waals surface area (Å²) in [6.45, 7) is 2.13. The average molecular weight is 400 g/mol. The Morgan fingerprint density at radius 3 is 2.16 bits per heavy atom. The van der Waals surface area contributed by atoms with Crippen LogP contribution < -0.4 is 0 Å². The zero-order chi connectivity index (χ0) is 20.8. The normalized spacial score (nSPS) is 11.4. The first-order valence-corrected chi connectivity index (χ1v) is 10.4. The van der Waals surface area contributed by atoms with Crippen molar-refractivity contribution in [2.45, 2.75) is 6.92 Å². The Bertz CT molecular complexity index is 1520. The number of aromatic nitrogens is 4. The first kappa shape index (κ1) is 17.7. The molecular weight excluding hydrogens is 380 g/mol. The minimum atomic E-state index is 0.852. The van der Waals surface area contributed by atoms with Gasteiger partial charge in [0.15, 0.2) is 0 Å². The Morgan fingerprint density at radius 1 is 0.645 bits per heavy atom. The highest BCUT2D eigenvalue weighted by Gasteiger charge is 2.19. The minimum absolute atomic E-state index is 0.852. The largest absolute Gasteiger partial charge is 0.338 e. The van der Waals surface area contributed by atoms with Gasteiger partial charge in [-0.3, -0.25) is 4.57 Å². The number of imidazole rings is 2. The monoisotopic (exact) mass is 400 g/mol. The van der Waals surface area contributed by atoms with E-state index in [-0.39, 0.29) is 0 Å². The Labute approximate surface area is 179 Å². The van der Waals surface area contributed by atoms with Crippen LogP contribution in [0.25, 0.3) is 50.5 Å². The van der Waals surface area contributed by atoms with Crippen LogP contribution in [0.5, 0.6) is 0 Å². The van der Waals surface area contributed by atoms with Gasteiger partial charge in [0.2, 0.25) is 0 Å². The van der Waals surface area contributed by atoms with Crippen LogP contribution in [0, 0.1) is 6.92 Å². The number of aromatic amines is 1. The summed E-state index contributed by atoms with van der Waals surface area (Å²) in [6.07, 6.45) is 0. The summed E-state index contributed by atoms with van der Waals surface area (Å²) >= 11 is 0. The maximum atomic E-state index is 5.03. The molecule has 4 heteroatoms. The van der Waals surface area contributed by atoms with Gasteiger partial charge in [-0.05, 0) is 48.9 Å². The average Bonchev–Trinajstić information content (AvgIpc) is 3.41. The minimum Gasteiger partial charge on any atom is -0.338 e. The van der Waals surface area contributed by atoms with Crippen LogP contribution >= 0.6 is 0 Å². The molecule has 0 saturated carbocycles. The molecule has 0 aliphatic carbocycles. The highest BCUT2D eigenvalue weighted by molar-refractivity contribution is 5.87. The molecule has 0 aliphatic heterocycles. The SMILES string of the molecule is Cc1ccccc1-c1nc2ccccc2n1-c1ccccc1-c1nc2ccccc2[nH]1. The number of nitrogens with one attached hydrogen (secondary N) is 1.